The Morgan fingerprint density at radius 2 is 2.00 bits per heavy atom. The van der Waals surface area contributed by atoms with E-state index in [0.29, 0.717) is 6.04 Å². The summed E-state index contributed by atoms with van der Waals surface area (Å²) in [6.07, 6.45) is 0. The van der Waals surface area contributed by atoms with Crippen LogP contribution in [0.25, 0.3) is 11.4 Å². The minimum atomic E-state index is 0.499. The molecule has 0 bridgehead atoms. The summed E-state index contributed by atoms with van der Waals surface area (Å²) >= 11 is 0. The lowest BCUT2D eigenvalue weighted by atomic mass is 10.2. The van der Waals surface area contributed by atoms with Gasteiger partial charge in [-0.05, 0) is 13.8 Å². The number of hydrogen-bond acceptors (Lipinski definition) is 4. The molecule has 1 aliphatic rings. The minimum Gasteiger partial charge on any atom is -0.354 e. The summed E-state index contributed by atoms with van der Waals surface area (Å²) in [5.41, 5.74) is 2.08. The van der Waals surface area contributed by atoms with Crippen LogP contribution in [0.1, 0.15) is 12.6 Å². The van der Waals surface area contributed by atoms with Crippen LogP contribution in [0.4, 0.5) is 5.82 Å². The van der Waals surface area contributed by atoms with Crippen molar-refractivity contribution in [3.8, 4) is 11.4 Å². The van der Waals surface area contributed by atoms with Gasteiger partial charge in [0.25, 0.3) is 0 Å². The molecule has 0 amide bonds. The number of benzene rings is 1. The molecule has 3 rings (SSSR count). The zero-order valence-electron chi connectivity index (χ0n) is 12.0. The molecule has 104 valence electrons. The van der Waals surface area contributed by atoms with Gasteiger partial charge in [-0.3, -0.25) is 0 Å². The topological polar surface area (TPSA) is 41.0 Å². The Balaban J connectivity index is 1.94. The summed E-state index contributed by atoms with van der Waals surface area (Å²) in [7, 11) is 0. The first-order valence-electron chi connectivity index (χ1n) is 7.12. The van der Waals surface area contributed by atoms with E-state index in [2.05, 4.69) is 40.3 Å². The summed E-state index contributed by atoms with van der Waals surface area (Å²) in [6, 6.07) is 12.7. The van der Waals surface area contributed by atoms with Crippen LogP contribution < -0.4 is 10.2 Å². The van der Waals surface area contributed by atoms with Gasteiger partial charge in [0.1, 0.15) is 5.82 Å². The molecule has 2 heterocycles. The van der Waals surface area contributed by atoms with E-state index in [9.17, 15) is 0 Å². The van der Waals surface area contributed by atoms with E-state index in [1.165, 1.54) is 0 Å². The molecule has 1 N–H and O–H groups in total. The molecular formula is C16H20N4. The van der Waals surface area contributed by atoms with Gasteiger partial charge in [-0.15, -0.1) is 0 Å². The van der Waals surface area contributed by atoms with Crippen molar-refractivity contribution < 1.29 is 0 Å². The first-order chi connectivity index (χ1) is 9.72. The fraction of sp³-hybridized carbons (Fsp3) is 0.375. The zero-order chi connectivity index (χ0) is 13.9. The van der Waals surface area contributed by atoms with E-state index in [4.69, 9.17) is 4.98 Å². The third-order valence-electron chi connectivity index (χ3n) is 3.57. The fourth-order valence-electron chi connectivity index (χ4n) is 2.57. The highest BCUT2D eigenvalue weighted by Crippen LogP contribution is 2.20. The number of aryl methyl sites for hydroxylation is 1. The van der Waals surface area contributed by atoms with Crippen molar-refractivity contribution in [1.29, 1.82) is 0 Å². The van der Waals surface area contributed by atoms with Gasteiger partial charge in [-0.25, -0.2) is 9.97 Å². The van der Waals surface area contributed by atoms with Crippen LogP contribution in [0.2, 0.25) is 0 Å². The monoisotopic (exact) mass is 268 g/mol. The molecule has 1 saturated heterocycles. The van der Waals surface area contributed by atoms with E-state index >= 15 is 0 Å². The Bertz CT molecular complexity index is 582. The number of aromatic nitrogens is 2. The number of nitrogens with one attached hydrogen (secondary N) is 1. The Hall–Kier alpha value is -1.94. The molecule has 1 unspecified atom stereocenters. The van der Waals surface area contributed by atoms with Crippen LogP contribution in [-0.2, 0) is 0 Å². The molecule has 1 aromatic carbocycles. The highest BCUT2D eigenvalue weighted by Gasteiger charge is 2.18. The first-order valence-corrected chi connectivity index (χ1v) is 7.12. The van der Waals surface area contributed by atoms with Gasteiger partial charge >= 0.3 is 0 Å². The molecule has 0 spiro atoms. The number of anilines is 1. The largest absolute Gasteiger partial charge is 0.354 e. The Kier molecular flexibility index (Phi) is 3.65. The molecule has 20 heavy (non-hydrogen) atoms. The molecule has 1 aliphatic heterocycles. The molecule has 4 heteroatoms. The normalized spacial score (nSPS) is 19.1. The standard InChI is InChI=1S/C16H20N4/c1-12-10-15(20-9-8-17-13(2)11-20)19-16(18-12)14-6-4-3-5-7-14/h3-7,10,13,17H,8-9,11H2,1-2H3. The molecule has 0 saturated carbocycles. The molecule has 0 aliphatic carbocycles. The molecule has 4 nitrogen and oxygen atoms in total. The van der Waals surface area contributed by atoms with Gasteiger partial charge in [0, 0.05) is 43.0 Å². The fourth-order valence-corrected chi connectivity index (χ4v) is 2.57. The third-order valence-corrected chi connectivity index (χ3v) is 3.57. The zero-order valence-corrected chi connectivity index (χ0v) is 12.0. The average molecular weight is 268 g/mol. The summed E-state index contributed by atoms with van der Waals surface area (Å²) in [4.78, 5) is 11.6. The molecule has 0 radical (unpaired) electrons. The van der Waals surface area contributed by atoms with Gasteiger partial charge in [0.15, 0.2) is 5.82 Å². The second kappa shape index (κ2) is 5.59. The summed E-state index contributed by atoms with van der Waals surface area (Å²) in [5, 5.41) is 3.46. The predicted octanol–water partition coefficient (Wildman–Crippen LogP) is 2.25. The number of rotatable bonds is 2. The second-order valence-electron chi connectivity index (χ2n) is 5.36. The van der Waals surface area contributed by atoms with Crippen LogP contribution >= 0.6 is 0 Å². The maximum atomic E-state index is 4.75. The summed E-state index contributed by atoms with van der Waals surface area (Å²) < 4.78 is 0. The Morgan fingerprint density at radius 1 is 1.20 bits per heavy atom. The van der Waals surface area contributed by atoms with E-state index in [0.717, 1.165) is 42.5 Å². The number of piperazine rings is 1. The number of nitrogens with zero attached hydrogens (tertiary/aromatic N) is 3. The van der Waals surface area contributed by atoms with Crippen molar-refractivity contribution >= 4 is 5.82 Å². The molecule has 2 aromatic rings. The Morgan fingerprint density at radius 3 is 2.75 bits per heavy atom. The summed E-state index contributed by atoms with van der Waals surface area (Å²) in [5.74, 6) is 1.84. The van der Waals surface area contributed by atoms with Gasteiger partial charge in [0.05, 0.1) is 0 Å². The third kappa shape index (κ3) is 2.80. The second-order valence-corrected chi connectivity index (χ2v) is 5.36. The van der Waals surface area contributed by atoms with Crippen molar-refractivity contribution in [2.75, 3.05) is 24.5 Å². The molecule has 1 aromatic heterocycles. The van der Waals surface area contributed by atoms with Gasteiger partial charge in [-0.1, -0.05) is 30.3 Å². The molecule has 1 atom stereocenters. The number of hydrogen-bond donors (Lipinski definition) is 1. The lowest BCUT2D eigenvalue weighted by Gasteiger charge is -2.33. The highest BCUT2D eigenvalue weighted by atomic mass is 15.2. The smallest absolute Gasteiger partial charge is 0.161 e. The average Bonchev–Trinajstić information content (AvgIpc) is 2.47. The van der Waals surface area contributed by atoms with Crippen molar-refractivity contribution in [2.45, 2.75) is 19.9 Å². The van der Waals surface area contributed by atoms with Crippen molar-refractivity contribution in [1.82, 2.24) is 15.3 Å². The van der Waals surface area contributed by atoms with Crippen LogP contribution in [0, 0.1) is 6.92 Å². The van der Waals surface area contributed by atoms with Crippen molar-refractivity contribution in [3.05, 3.63) is 42.1 Å². The van der Waals surface area contributed by atoms with E-state index in [-0.39, 0.29) is 0 Å². The molecule has 1 fully saturated rings. The van der Waals surface area contributed by atoms with E-state index in [1.807, 2.05) is 25.1 Å². The van der Waals surface area contributed by atoms with E-state index in [1.54, 1.807) is 0 Å². The van der Waals surface area contributed by atoms with Crippen molar-refractivity contribution in [2.24, 2.45) is 0 Å². The minimum absolute atomic E-state index is 0.499. The predicted molar refractivity (Wildman–Crippen MR) is 81.9 cm³/mol. The van der Waals surface area contributed by atoms with Crippen LogP contribution in [0.15, 0.2) is 36.4 Å². The summed E-state index contributed by atoms with van der Waals surface area (Å²) in [6.45, 7) is 7.23. The van der Waals surface area contributed by atoms with Crippen LogP contribution in [-0.4, -0.2) is 35.6 Å². The highest BCUT2D eigenvalue weighted by molar-refractivity contribution is 5.58. The van der Waals surface area contributed by atoms with Crippen LogP contribution in [0.3, 0.4) is 0 Å². The maximum absolute atomic E-state index is 4.75. The first kappa shape index (κ1) is 13.1. The lowest BCUT2D eigenvalue weighted by molar-refractivity contribution is 0.482. The van der Waals surface area contributed by atoms with E-state index < -0.39 is 0 Å². The molecular weight excluding hydrogens is 248 g/mol. The van der Waals surface area contributed by atoms with Gasteiger partial charge in [-0.2, -0.15) is 0 Å². The SMILES string of the molecule is Cc1cc(N2CCNC(C)C2)nc(-c2ccccc2)n1. The quantitative estimate of drug-likeness (QED) is 0.907. The van der Waals surface area contributed by atoms with Gasteiger partial charge < -0.3 is 10.2 Å². The van der Waals surface area contributed by atoms with Gasteiger partial charge in [0.2, 0.25) is 0 Å². The Labute approximate surface area is 119 Å². The lowest BCUT2D eigenvalue weighted by Crippen LogP contribution is -2.49. The van der Waals surface area contributed by atoms with Crippen LogP contribution in [0.5, 0.6) is 0 Å². The maximum Gasteiger partial charge on any atom is 0.161 e. The van der Waals surface area contributed by atoms with Crippen molar-refractivity contribution in [3.63, 3.8) is 0 Å².